The number of aromatic amines is 1. The van der Waals surface area contributed by atoms with Crippen LogP contribution in [0.2, 0.25) is 0 Å². The molecule has 3 rings (SSSR count). The number of nitrogens with one attached hydrogen (secondary N) is 2. The molecule has 0 saturated heterocycles. The third-order valence-corrected chi connectivity index (χ3v) is 4.33. The van der Waals surface area contributed by atoms with E-state index in [1.165, 1.54) is 5.39 Å². The number of benzene rings is 1. The standard InChI is InChI=1S/C16H18N4S/c1-10(2)14-15(17-3)18-9-19-16(14)21-13-8-11-6-4-5-7-12(11)20-13/h4-10,20H,1-3H3,(H,17,18,19). The van der Waals surface area contributed by atoms with Crippen molar-refractivity contribution in [3.05, 3.63) is 42.2 Å². The first-order chi connectivity index (χ1) is 10.2. The Balaban J connectivity index is 2.01. The number of hydrogen-bond acceptors (Lipinski definition) is 4. The van der Waals surface area contributed by atoms with Crippen LogP contribution < -0.4 is 5.32 Å². The van der Waals surface area contributed by atoms with E-state index in [0.717, 1.165) is 26.9 Å². The van der Waals surface area contributed by atoms with Crippen molar-refractivity contribution in [1.29, 1.82) is 0 Å². The van der Waals surface area contributed by atoms with Gasteiger partial charge in [0.05, 0.1) is 5.03 Å². The Hall–Kier alpha value is -2.01. The number of hydrogen-bond donors (Lipinski definition) is 2. The quantitative estimate of drug-likeness (QED) is 0.706. The number of H-pyrrole nitrogens is 1. The maximum atomic E-state index is 4.47. The molecule has 0 saturated carbocycles. The second kappa shape index (κ2) is 5.77. The van der Waals surface area contributed by atoms with Crippen molar-refractivity contribution >= 4 is 28.5 Å². The molecule has 0 aliphatic rings. The molecule has 0 unspecified atom stereocenters. The molecule has 0 fully saturated rings. The minimum Gasteiger partial charge on any atom is -0.373 e. The number of nitrogens with zero attached hydrogens (tertiary/aromatic N) is 2. The first-order valence-corrected chi connectivity index (χ1v) is 7.79. The summed E-state index contributed by atoms with van der Waals surface area (Å²) in [5.41, 5.74) is 2.30. The highest BCUT2D eigenvalue weighted by Gasteiger charge is 2.15. The molecule has 1 aromatic carbocycles. The van der Waals surface area contributed by atoms with Crippen LogP contribution in [0.15, 0.2) is 46.7 Å². The topological polar surface area (TPSA) is 53.6 Å². The summed E-state index contributed by atoms with van der Waals surface area (Å²) in [6, 6.07) is 10.4. The number of fused-ring (bicyclic) bond motifs is 1. The zero-order valence-electron chi connectivity index (χ0n) is 12.3. The van der Waals surface area contributed by atoms with Gasteiger partial charge < -0.3 is 10.3 Å². The van der Waals surface area contributed by atoms with Gasteiger partial charge in [-0.2, -0.15) is 0 Å². The summed E-state index contributed by atoms with van der Waals surface area (Å²) in [6.45, 7) is 4.32. The van der Waals surface area contributed by atoms with E-state index in [1.54, 1.807) is 18.1 Å². The number of anilines is 1. The van der Waals surface area contributed by atoms with Gasteiger partial charge in [0, 0.05) is 23.5 Å². The van der Waals surface area contributed by atoms with Crippen LogP contribution in [0.4, 0.5) is 5.82 Å². The van der Waals surface area contributed by atoms with Crippen LogP contribution in [0, 0.1) is 0 Å². The summed E-state index contributed by atoms with van der Waals surface area (Å²) >= 11 is 1.65. The maximum absolute atomic E-state index is 4.47. The first-order valence-electron chi connectivity index (χ1n) is 6.97. The van der Waals surface area contributed by atoms with Crippen molar-refractivity contribution in [3.63, 3.8) is 0 Å². The zero-order valence-corrected chi connectivity index (χ0v) is 13.2. The predicted molar refractivity (Wildman–Crippen MR) is 88.1 cm³/mol. The molecule has 108 valence electrons. The van der Waals surface area contributed by atoms with Crippen LogP contribution >= 0.6 is 11.8 Å². The van der Waals surface area contributed by atoms with Gasteiger partial charge in [0.1, 0.15) is 17.2 Å². The Labute approximate surface area is 128 Å². The zero-order chi connectivity index (χ0) is 14.8. The Bertz CT molecular complexity index is 731. The Morgan fingerprint density at radius 2 is 2.00 bits per heavy atom. The van der Waals surface area contributed by atoms with E-state index in [1.807, 2.05) is 19.2 Å². The molecular formula is C16H18N4S. The Morgan fingerprint density at radius 3 is 2.71 bits per heavy atom. The second-order valence-corrected chi connectivity index (χ2v) is 6.20. The van der Waals surface area contributed by atoms with E-state index in [9.17, 15) is 0 Å². The fourth-order valence-electron chi connectivity index (χ4n) is 2.39. The third kappa shape index (κ3) is 2.74. The molecule has 5 heteroatoms. The molecule has 3 aromatic rings. The summed E-state index contributed by atoms with van der Waals surface area (Å²) in [6.07, 6.45) is 1.61. The highest BCUT2D eigenvalue weighted by molar-refractivity contribution is 7.99. The van der Waals surface area contributed by atoms with Gasteiger partial charge in [-0.1, -0.05) is 43.8 Å². The number of rotatable bonds is 4. The van der Waals surface area contributed by atoms with E-state index < -0.39 is 0 Å². The first kappa shape index (κ1) is 13.9. The number of para-hydroxylation sites is 1. The van der Waals surface area contributed by atoms with Gasteiger partial charge in [-0.15, -0.1) is 0 Å². The van der Waals surface area contributed by atoms with Gasteiger partial charge >= 0.3 is 0 Å². The van der Waals surface area contributed by atoms with Gasteiger partial charge in [0.2, 0.25) is 0 Å². The highest BCUT2D eigenvalue weighted by atomic mass is 32.2. The summed E-state index contributed by atoms with van der Waals surface area (Å²) in [4.78, 5) is 12.2. The van der Waals surface area contributed by atoms with Gasteiger partial charge in [0.25, 0.3) is 0 Å². The average molecular weight is 298 g/mol. The molecule has 4 nitrogen and oxygen atoms in total. The number of aromatic nitrogens is 3. The van der Waals surface area contributed by atoms with Crippen LogP contribution in [0.3, 0.4) is 0 Å². The smallest absolute Gasteiger partial charge is 0.133 e. The SMILES string of the molecule is CNc1ncnc(Sc2cc3ccccc3[nH]2)c1C(C)C. The highest BCUT2D eigenvalue weighted by Crippen LogP contribution is 2.35. The van der Waals surface area contributed by atoms with Crippen molar-refractivity contribution in [1.82, 2.24) is 15.0 Å². The van der Waals surface area contributed by atoms with E-state index in [2.05, 4.69) is 52.3 Å². The van der Waals surface area contributed by atoms with Crippen molar-refractivity contribution in [2.45, 2.75) is 29.8 Å². The predicted octanol–water partition coefficient (Wildman–Crippen LogP) is 4.27. The largest absolute Gasteiger partial charge is 0.373 e. The molecule has 0 spiro atoms. The maximum Gasteiger partial charge on any atom is 0.133 e. The molecule has 0 radical (unpaired) electrons. The molecule has 2 aromatic heterocycles. The van der Waals surface area contributed by atoms with Gasteiger partial charge in [0.15, 0.2) is 0 Å². The van der Waals surface area contributed by atoms with Gasteiger partial charge in [-0.3, -0.25) is 0 Å². The third-order valence-electron chi connectivity index (χ3n) is 3.37. The molecule has 0 bridgehead atoms. The minimum absolute atomic E-state index is 0.362. The summed E-state index contributed by atoms with van der Waals surface area (Å²) in [7, 11) is 1.89. The summed E-state index contributed by atoms with van der Waals surface area (Å²) in [5.74, 6) is 1.26. The van der Waals surface area contributed by atoms with E-state index in [-0.39, 0.29) is 0 Å². The summed E-state index contributed by atoms with van der Waals surface area (Å²) in [5, 5.41) is 6.46. The monoisotopic (exact) mass is 298 g/mol. The Morgan fingerprint density at radius 1 is 1.19 bits per heavy atom. The minimum atomic E-state index is 0.362. The fraction of sp³-hybridized carbons (Fsp3) is 0.250. The lowest BCUT2D eigenvalue weighted by atomic mass is 10.1. The molecule has 2 heterocycles. The van der Waals surface area contributed by atoms with E-state index in [4.69, 9.17) is 0 Å². The lowest BCUT2D eigenvalue weighted by Gasteiger charge is -2.14. The lowest BCUT2D eigenvalue weighted by molar-refractivity contribution is 0.805. The van der Waals surface area contributed by atoms with Crippen LogP contribution in [-0.4, -0.2) is 22.0 Å². The molecule has 2 N–H and O–H groups in total. The van der Waals surface area contributed by atoms with Crippen molar-refractivity contribution in [2.24, 2.45) is 0 Å². The van der Waals surface area contributed by atoms with Crippen molar-refractivity contribution < 1.29 is 0 Å². The fourth-order valence-corrected chi connectivity index (χ4v) is 3.48. The van der Waals surface area contributed by atoms with Gasteiger partial charge in [-0.25, -0.2) is 9.97 Å². The molecular weight excluding hydrogens is 280 g/mol. The van der Waals surface area contributed by atoms with Crippen molar-refractivity contribution in [2.75, 3.05) is 12.4 Å². The van der Waals surface area contributed by atoms with Crippen molar-refractivity contribution in [3.8, 4) is 0 Å². The van der Waals surface area contributed by atoms with Crippen LogP contribution in [0.5, 0.6) is 0 Å². The second-order valence-electron chi connectivity index (χ2n) is 5.17. The molecule has 0 atom stereocenters. The molecule has 0 amide bonds. The molecule has 0 aliphatic heterocycles. The van der Waals surface area contributed by atoms with E-state index in [0.29, 0.717) is 5.92 Å². The Kier molecular flexibility index (Phi) is 3.84. The van der Waals surface area contributed by atoms with Crippen LogP contribution in [-0.2, 0) is 0 Å². The molecule has 21 heavy (non-hydrogen) atoms. The van der Waals surface area contributed by atoms with Gasteiger partial charge in [-0.05, 0) is 18.1 Å². The lowest BCUT2D eigenvalue weighted by Crippen LogP contribution is -2.03. The van der Waals surface area contributed by atoms with E-state index >= 15 is 0 Å². The van der Waals surface area contributed by atoms with Crippen LogP contribution in [0.1, 0.15) is 25.3 Å². The summed E-state index contributed by atoms with van der Waals surface area (Å²) < 4.78 is 0. The normalized spacial score (nSPS) is 11.2. The average Bonchev–Trinajstić information content (AvgIpc) is 2.88. The molecule has 0 aliphatic carbocycles. The van der Waals surface area contributed by atoms with Crippen LogP contribution in [0.25, 0.3) is 10.9 Å².